The van der Waals surface area contributed by atoms with Crippen molar-refractivity contribution in [1.29, 1.82) is 0 Å². The minimum absolute atomic E-state index is 0.0557. The minimum atomic E-state index is -2.95. The summed E-state index contributed by atoms with van der Waals surface area (Å²) in [6.45, 7) is 1.10. The molecule has 0 unspecified atom stereocenters. The molecule has 0 aliphatic carbocycles. The fourth-order valence-electron chi connectivity index (χ4n) is 2.73. The SMILES string of the molecule is COc1ccc(CN(C)C(=O)Cc2c(C)nn(C)c2C)cc1OC(F)F. The normalized spacial score (nSPS) is 10.9. The van der Waals surface area contributed by atoms with Crippen LogP contribution in [-0.4, -0.2) is 41.4 Å². The average molecular weight is 367 g/mol. The van der Waals surface area contributed by atoms with Gasteiger partial charge in [-0.15, -0.1) is 0 Å². The van der Waals surface area contributed by atoms with Crippen LogP contribution in [0.15, 0.2) is 18.2 Å². The Morgan fingerprint density at radius 2 is 2.00 bits per heavy atom. The van der Waals surface area contributed by atoms with Crippen LogP contribution in [0.3, 0.4) is 0 Å². The molecule has 1 aromatic heterocycles. The summed E-state index contributed by atoms with van der Waals surface area (Å²) in [5, 5.41) is 4.31. The topological polar surface area (TPSA) is 56.6 Å². The fourth-order valence-corrected chi connectivity index (χ4v) is 2.73. The highest BCUT2D eigenvalue weighted by Gasteiger charge is 2.18. The Morgan fingerprint density at radius 1 is 1.31 bits per heavy atom. The highest BCUT2D eigenvalue weighted by molar-refractivity contribution is 5.79. The molecule has 0 bridgehead atoms. The zero-order valence-electron chi connectivity index (χ0n) is 15.5. The fraction of sp³-hybridized carbons (Fsp3) is 0.444. The summed E-state index contributed by atoms with van der Waals surface area (Å²) in [5.74, 6) is 0.0702. The first-order valence-electron chi connectivity index (χ1n) is 8.07. The van der Waals surface area contributed by atoms with Crippen LogP contribution >= 0.6 is 0 Å². The molecule has 0 atom stereocenters. The van der Waals surface area contributed by atoms with E-state index in [0.29, 0.717) is 5.56 Å². The van der Waals surface area contributed by atoms with Gasteiger partial charge in [-0.3, -0.25) is 9.48 Å². The Labute approximate surface area is 151 Å². The lowest BCUT2D eigenvalue weighted by Gasteiger charge is -2.19. The lowest BCUT2D eigenvalue weighted by atomic mass is 10.1. The number of carbonyl (C=O) groups excluding carboxylic acids is 1. The van der Waals surface area contributed by atoms with Crippen LogP contribution in [-0.2, 0) is 24.8 Å². The monoisotopic (exact) mass is 367 g/mol. The predicted molar refractivity (Wildman–Crippen MR) is 92.5 cm³/mol. The number of carbonyl (C=O) groups is 1. The summed E-state index contributed by atoms with van der Waals surface area (Å²) in [4.78, 5) is 14.1. The molecule has 1 heterocycles. The van der Waals surface area contributed by atoms with Crippen molar-refractivity contribution in [3.05, 3.63) is 40.7 Å². The number of aromatic nitrogens is 2. The molecule has 0 N–H and O–H groups in total. The van der Waals surface area contributed by atoms with Gasteiger partial charge in [-0.25, -0.2) is 0 Å². The van der Waals surface area contributed by atoms with E-state index < -0.39 is 6.61 Å². The maximum atomic E-state index is 12.5. The molecule has 0 aliphatic rings. The zero-order chi connectivity index (χ0) is 19.4. The summed E-state index contributed by atoms with van der Waals surface area (Å²) in [6, 6.07) is 4.71. The number of hydrogen-bond donors (Lipinski definition) is 0. The Kier molecular flexibility index (Phi) is 6.18. The maximum Gasteiger partial charge on any atom is 0.387 e. The zero-order valence-corrected chi connectivity index (χ0v) is 15.5. The van der Waals surface area contributed by atoms with Gasteiger partial charge < -0.3 is 14.4 Å². The molecule has 1 amide bonds. The molecule has 8 heteroatoms. The van der Waals surface area contributed by atoms with Crippen molar-refractivity contribution < 1.29 is 23.0 Å². The van der Waals surface area contributed by atoms with Gasteiger partial charge in [0, 0.05) is 31.9 Å². The number of ether oxygens (including phenoxy) is 2. The third kappa shape index (κ3) is 4.50. The van der Waals surface area contributed by atoms with Gasteiger partial charge in [0.05, 0.1) is 19.2 Å². The van der Waals surface area contributed by atoms with E-state index in [-0.39, 0.29) is 30.4 Å². The lowest BCUT2D eigenvalue weighted by Crippen LogP contribution is -2.28. The standard InChI is InChI=1S/C18H23F2N3O3/c1-11-14(12(2)23(4)21-11)9-17(24)22(3)10-13-6-7-15(25-5)16(8-13)26-18(19)20/h6-8,18H,9-10H2,1-5H3. The summed E-state index contributed by atoms with van der Waals surface area (Å²) in [5.41, 5.74) is 3.34. The largest absolute Gasteiger partial charge is 0.493 e. The van der Waals surface area contributed by atoms with Gasteiger partial charge in [0.1, 0.15) is 0 Å². The van der Waals surface area contributed by atoms with E-state index in [0.717, 1.165) is 17.0 Å². The molecule has 0 saturated heterocycles. The Bertz CT molecular complexity index is 790. The summed E-state index contributed by atoms with van der Waals surface area (Å²) in [6.07, 6.45) is 0.235. The van der Waals surface area contributed by atoms with Crippen molar-refractivity contribution >= 4 is 5.91 Å². The molecule has 0 fully saturated rings. The van der Waals surface area contributed by atoms with Crippen molar-refractivity contribution in [1.82, 2.24) is 14.7 Å². The first-order chi connectivity index (χ1) is 12.2. The van der Waals surface area contributed by atoms with Gasteiger partial charge in [-0.05, 0) is 31.5 Å². The molecule has 2 aromatic rings. The number of amides is 1. The van der Waals surface area contributed by atoms with Crippen molar-refractivity contribution in [2.75, 3.05) is 14.2 Å². The van der Waals surface area contributed by atoms with Crippen LogP contribution in [0.1, 0.15) is 22.5 Å². The van der Waals surface area contributed by atoms with Crippen LogP contribution in [0.2, 0.25) is 0 Å². The number of nitrogens with zero attached hydrogens (tertiary/aromatic N) is 3. The number of aryl methyl sites for hydroxylation is 2. The highest BCUT2D eigenvalue weighted by Crippen LogP contribution is 2.30. The third-order valence-corrected chi connectivity index (χ3v) is 4.28. The molecule has 0 aliphatic heterocycles. The van der Waals surface area contributed by atoms with Gasteiger partial charge in [0.2, 0.25) is 5.91 Å². The van der Waals surface area contributed by atoms with Crippen LogP contribution in [0.4, 0.5) is 8.78 Å². The maximum absolute atomic E-state index is 12.5. The Balaban J connectivity index is 2.11. The van der Waals surface area contributed by atoms with E-state index in [1.807, 2.05) is 20.9 Å². The third-order valence-electron chi connectivity index (χ3n) is 4.28. The molecule has 0 spiro atoms. The van der Waals surface area contributed by atoms with Gasteiger partial charge >= 0.3 is 6.61 Å². The number of likely N-dealkylation sites (N-methyl/N-ethyl adjacent to an activating group) is 1. The van der Waals surface area contributed by atoms with E-state index in [2.05, 4.69) is 9.84 Å². The molecule has 1 aromatic carbocycles. The van der Waals surface area contributed by atoms with Crippen molar-refractivity contribution in [2.24, 2.45) is 7.05 Å². The van der Waals surface area contributed by atoms with E-state index in [1.165, 1.54) is 13.2 Å². The highest BCUT2D eigenvalue weighted by atomic mass is 19.3. The Hall–Kier alpha value is -2.64. The van der Waals surface area contributed by atoms with Crippen molar-refractivity contribution in [3.8, 4) is 11.5 Å². The number of hydrogen-bond acceptors (Lipinski definition) is 4. The van der Waals surface area contributed by atoms with Crippen LogP contribution in [0.25, 0.3) is 0 Å². The molecule has 6 nitrogen and oxygen atoms in total. The summed E-state index contributed by atoms with van der Waals surface area (Å²) >= 11 is 0. The molecule has 2 rings (SSSR count). The van der Waals surface area contributed by atoms with Gasteiger partial charge in [0.25, 0.3) is 0 Å². The smallest absolute Gasteiger partial charge is 0.387 e. The van der Waals surface area contributed by atoms with Crippen LogP contribution in [0.5, 0.6) is 11.5 Å². The first kappa shape index (κ1) is 19.7. The number of halogens is 2. The number of alkyl halides is 2. The van der Waals surface area contributed by atoms with Gasteiger partial charge in [-0.1, -0.05) is 6.07 Å². The summed E-state index contributed by atoms with van der Waals surface area (Å²) < 4.78 is 36.3. The quantitative estimate of drug-likeness (QED) is 0.755. The van der Waals surface area contributed by atoms with Crippen molar-refractivity contribution in [3.63, 3.8) is 0 Å². The first-order valence-corrected chi connectivity index (χ1v) is 8.07. The molecule has 0 saturated carbocycles. The van der Waals surface area contributed by atoms with Crippen LogP contribution < -0.4 is 9.47 Å². The van der Waals surface area contributed by atoms with E-state index >= 15 is 0 Å². The number of methoxy groups -OCH3 is 1. The van der Waals surface area contributed by atoms with E-state index in [1.54, 1.807) is 28.8 Å². The van der Waals surface area contributed by atoms with Crippen LogP contribution in [0, 0.1) is 13.8 Å². The molecule has 26 heavy (non-hydrogen) atoms. The molecule has 142 valence electrons. The predicted octanol–water partition coefficient (Wildman–Crippen LogP) is 2.85. The van der Waals surface area contributed by atoms with Gasteiger partial charge in [-0.2, -0.15) is 13.9 Å². The Morgan fingerprint density at radius 3 is 2.54 bits per heavy atom. The second-order valence-corrected chi connectivity index (χ2v) is 6.06. The molecule has 0 radical (unpaired) electrons. The second kappa shape index (κ2) is 8.16. The number of benzene rings is 1. The molecular weight excluding hydrogens is 344 g/mol. The van der Waals surface area contributed by atoms with Gasteiger partial charge in [0.15, 0.2) is 11.5 Å². The number of rotatable bonds is 7. The van der Waals surface area contributed by atoms with E-state index in [9.17, 15) is 13.6 Å². The minimum Gasteiger partial charge on any atom is -0.493 e. The van der Waals surface area contributed by atoms with Crippen molar-refractivity contribution in [2.45, 2.75) is 33.4 Å². The lowest BCUT2D eigenvalue weighted by molar-refractivity contribution is -0.129. The second-order valence-electron chi connectivity index (χ2n) is 6.06. The van der Waals surface area contributed by atoms with E-state index in [4.69, 9.17) is 4.74 Å². The summed E-state index contributed by atoms with van der Waals surface area (Å²) in [7, 11) is 4.88. The molecular formula is C18H23F2N3O3. The average Bonchev–Trinajstić information content (AvgIpc) is 2.80.